The molecule has 55 valence electrons. The average molecular weight is 149 g/mol. The summed E-state index contributed by atoms with van der Waals surface area (Å²) in [5.74, 6) is -5.08. The Kier molecular flexibility index (Phi) is 2.00. The molecule has 0 atom stereocenters. The van der Waals surface area contributed by atoms with E-state index in [1.54, 1.807) is 0 Å². The lowest BCUT2D eigenvalue weighted by Crippen LogP contribution is -2.40. The summed E-state index contributed by atoms with van der Waals surface area (Å²) >= 11 is 0. The zero-order valence-corrected chi connectivity index (χ0v) is 4.01. The molecule has 0 aliphatic heterocycles. The normalized spacial score (nSPS) is 14.0. The quantitative estimate of drug-likeness (QED) is 0.531. The van der Waals surface area contributed by atoms with E-state index in [0.29, 0.717) is 0 Å². The number of alkyl halides is 5. The first-order valence-corrected chi connectivity index (χ1v) is 1.83. The molecule has 1 radical (unpaired) electrons. The molecule has 0 aromatic carbocycles. The van der Waals surface area contributed by atoms with Gasteiger partial charge in [-0.2, -0.15) is 22.7 Å². The van der Waals surface area contributed by atoms with Crippen molar-refractivity contribution in [2.45, 2.75) is 12.0 Å². The SMILES string of the molecule is [O]C(F)(F)C(F)(F)CF. The Morgan fingerprint density at radius 3 is 1.44 bits per heavy atom. The highest BCUT2D eigenvalue weighted by atomic mass is 19.3. The van der Waals surface area contributed by atoms with Crippen LogP contribution >= 0.6 is 0 Å². The fourth-order valence-electron chi connectivity index (χ4n) is 0.0778. The van der Waals surface area contributed by atoms with E-state index in [-0.39, 0.29) is 0 Å². The van der Waals surface area contributed by atoms with E-state index in [1.165, 1.54) is 0 Å². The molecule has 0 aromatic heterocycles. The van der Waals surface area contributed by atoms with Crippen LogP contribution in [-0.2, 0) is 5.11 Å². The second-order valence-corrected chi connectivity index (χ2v) is 1.35. The fraction of sp³-hybridized carbons (Fsp3) is 1.00. The molecule has 0 aliphatic rings. The molecule has 0 saturated carbocycles. The fourth-order valence-corrected chi connectivity index (χ4v) is 0.0778. The van der Waals surface area contributed by atoms with Crippen LogP contribution in [0.2, 0.25) is 0 Å². The van der Waals surface area contributed by atoms with E-state index in [4.69, 9.17) is 5.11 Å². The molecule has 0 aromatic rings. The van der Waals surface area contributed by atoms with Crippen molar-refractivity contribution in [2.75, 3.05) is 6.67 Å². The second-order valence-electron chi connectivity index (χ2n) is 1.35. The Bertz CT molecular complexity index is 94.9. The molecular formula is C3H2F5O. The van der Waals surface area contributed by atoms with Crippen LogP contribution in [0.4, 0.5) is 22.0 Å². The van der Waals surface area contributed by atoms with Gasteiger partial charge in [0.2, 0.25) is 0 Å². The van der Waals surface area contributed by atoms with Crippen molar-refractivity contribution in [1.82, 2.24) is 0 Å². The third-order valence-electron chi connectivity index (χ3n) is 0.594. The van der Waals surface area contributed by atoms with Gasteiger partial charge in [0.25, 0.3) is 0 Å². The molecule has 0 rings (SSSR count). The van der Waals surface area contributed by atoms with Crippen molar-refractivity contribution >= 4 is 0 Å². The summed E-state index contributed by atoms with van der Waals surface area (Å²) in [7, 11) is 0. The third kappa shape index (κ3) is 1.78. The number of hydrogen-bond donors (Lipinski definition) is 0. The van der Waals surface area contributed by atoms with Gasteiger partial charge < -0.3 is 0 Å². The summed E-state index contributed by atoms with van der Waals surface area (Å²) in [4.78, 5) is 0. The monoisotopic (exact) mass is 149 g/mol. The zero-order chi connectivity index (χ0) is 7.71. The van der Waals surface area contributed by atoms with Gasteiger partial charge in [-0.15, -0.1) is 0 Å². The van der Waals surface area contributed by atoms with Crippen molar-refractivity contribution in [3.8, 4) is 0 Å². The van der Waals surface area contributed by atoms with Gasteiger partial charge in [0.15, 0.2) is 6.67 Å². The summed E-state index contributed by atoms with van der Waals surface area (Å²) in [6.45, 7) is -2.64. The highest BCUT2D eigenvalue weighted by molar-refractivity contribution is 4.72. The Morgan fingerprint density at radius 2 is 1.44 bits per heavy atom. The van der Waals surface area contributed by atoms with Crippen LogP contribution in [0.25, 0.3) is 0 Å². The van der Waals surface area contributed by atoms with Crippen LogP contribution in [0, 0.1) is 0 Å². The molecule has 0 spiro atoms. The van der Waals surface area contributed by atoms with Gasteiger partial charge in [-0.1, -0.05) is 0 Å². The maximum Gasteiger partial charge on any atom is 0.448 e. The Labute approximate surface area is 47.1 Å². The van der Waals surface area contributed by atoms with E-state index < -0.39 is 18.7 Å². The number of halogens is 5. The molecule has 0 amide bonds. The summed E-state index contributed by atoms with van der Waals surface area (Å²) in [6.07, 6.45) is -5.51. The minimum Gasteiger partial charge on any atom is -0.244 e. The van der Waals surface area contributed by atoms with Crippen molar-refractivity contribution in [1.29, 1.82) is 0 Å². The standard InChI is InChI=1S/C3H2F5O/c4-1-2(5,6)3(7,8)9/h1H2. The average Bonchev–Trinajstić information content (AvgIpc) is 1.64. The molecular weight excluding hydrogens is 147 g/mol. The van der Waals surface area contributed by atoms with Crippen molar-refractivity contribution in [3.63, 3.8) is 0 Å². The minimum atomic E-state index is -5.51. The topological polar surface area (TPSA) is 19.9 Å². The Hall–Kier alpha value is -0.390. The van der Waals surface area contributed by atoms with Gasteiger partial charge in [0.05, 0.1) is 0 Å². The predicted molar refractivity (Wildman–Crippen MR) is 16.6 cm³/mol. The highest BCUT2D eigenvalue weighted by Crippen LogP contribution is 2.32. The first-order valence-electron chi connectivity index (χ1n) is 1.83. The van der Waals surface area contributed by atoms with Gasteiger partial charge in [-0.3, -0.25) is 0 Å². The van der Waals surface area contributed by atoms with E-state index in [1.807, 2.05) is 0 Å². The smallest absolute Gasteiger partial charge is 0.244 e. The van der Waals surface area contributed by atoms with Gasteiger partial charge in [0, 0.05) is 0 Å². The third-order valence-corrected chi connectivity index (χ3v) is 0.594. The van der Waals surface area contributed by atoms with Gasteiger partial charge >= 0.3 is 12.0 Å². The van der Waals surface area contributed by atoms with Crippen molar-refractivity contribution < 1.29 is 27.1 Å². The zero-order valence-electron chi connectivity index (χ0n) is 4.01. The van der Waals surface area contributed by atoms with Gasteiger partial charge in [-0.05, 0) is 0 Å². The number of hydrogen-bond acceptors (Lipinski definition) is 0. The van der Waals surface area contributed by atoms with Gasteiger partial charge in [-0.25, -0.2) is 4.39 Å². The summed E-state index contributed by atoms with van der Waals surface area (Å²) in [5, 5.41) is 9.03. The molecule has 9 heavy (non-hydrogen) atoms. The largest absolute Gasteiger partial charge is 0.448 e. The number of rotatable bonds is 2. The molecule has 0 saturated heterocycles. The lowest BCUT2D eigenvalue weighted by atomic mass is 10.3. The molecule has 0 unspecified atom stereocenters. The van der Waals surface area contributed by atoms with Crippen LogP contribution in [0.1, 0.15) is 0 Å². The van der Waals surface area contributed by atoms with Crippen LogP contribution in [0.3, 0.4) is 0 Å². The van der Waals surface area contributed by atoms with E-state index in [2.05, 4.69) is 0 Å². The predicted octanol–water partition coefficient (Wildman–Crippen LogP) is 1.61. The van der Waals surface area contributed by atoms with Crippen molar-refractivity contribution in [3.05, 3.63) is 0 Å². The molecule has 0 N–H and O–H groups in total. The first kappa shape index (κ1) is 8.61. The van der Waals surface area contributed by atoms with Crippen molar-refractivity contribution in [2.24, 2.45) is 0 Å². The lowest BCUT2D eigenvalue weighted by Gasteiger charge is -2.14. The van der Waals surface area contributed by atoms with Crippen LogP contribution in [0.15, 0.2) is 0 Å². The molecule has 0 aliphatic carbocycles. The minimum absolute atomic E-state index is 2.64. The molecule has 6 heteroatoms. The van der Waals surface area contributed by atoms with Crippen LogP contribution < -0.4 is 0 Å². The van der Waals surface area contributed by atoms with E-state index in [0.717, 1.165) is 0 Å². The Balaban J connectivity index is 4.14. The molecule has 0 fully saturated rings. The maximum absolute atomic E-state index is 11.2. The lowest BCUT2D eigenvalue weighted by molar-refractivity contribution is -0.355. The second kappa shape index (κ2) is 2.09. The van der Waals surface area contributed by atoms with Crippen LogP contribution in [0.5, 0.6) is 0 Å². The summed E-state index contributed by atoms with van der Waals surface area (Å²) in [6, 6.07) is 0. The summed E-state index contributed by atoms with van der Waals surface area (Å²) in [5.41, 5.74) is 0. The van der Waals surface area contributed by atoms with Gasteiger partial charge in [0.1, 0.15) is 0 Å². The summed E-state index contributed by atoms with van der Waals surface area (Å²) < 4.78 is 55.2. The highest BCUT2D eigenvalue weighted by Gasteiger charge is 2.57. The Morgan fingerprint density at radius 1 is 1.11 bits per heavy atom. The molecule has 1 nitrogen and oxygen atoms in total. The van der Waals surface area contributed by atoms with Crippen LogP contribution in [-0.4, -0.2) is 18.7 Å². The van der Waals surface area contributed by atoms with E-state index in [9.17, 15) is 22.0 Å². The van der Waals surface area contributed by atoms with E-state index >= 15 is 0 Å². The molecule has 0 heterocycles. The maximum atomic E-state index is 11.2. The first-order chi connectivity index (χ1) is 3.81. The molecule has 0 bridgehead atoms.